The van der Waals surface area contributed by atoms with E-state index in [-0.39, 0.29) is 24.1 Å². The van der Waals surface area contributed by atoms with Crippen molar-refractivity contribution in [3.05, 3.63) is 22.4 Å². The van der Waals surface area contributed by atoms with Gasteiger partial charge in [-0.05, 0) is 56.5 Å². The molecule has 3 heterocycles. The number of thiophene rings is 1. The number of amides is 3. The van der Waals surface area contributed by atoms with Crippen LogP contribution in [0, 0.1) is 11.8 Å². The summed E-state index contributed by atoms with van der Waals surface area (Å²) in [6.07, 6.45) is 4.47. The number of likely N-dealkylation sites (N-methyl/N-ethyl adjacent to an activating group) is 1. The number of hydrogen-bond donors (Lipinski definition) is 3. The topological polar surface area (TPSA) is 101 Å². The second kappa shape index (κ2) is 14.5. The van der Waals surface area contributed by atoms with Crippen LogP contribution in [0.4, 0.5) is 9.59 Å². The molecular weight excluding hydrogens is 456 g/mol. The highest BCUT2D eigenvalue weighted by atomic mass is 32.1. The van der Waals surface area contributed by atoms with Crippen LogP contribution in [-0.2, 0) is 14.2 Å². The summed E-state index contributed by atoms with van der Waals surface area (Å²) in [5.41, 5.74) is 0. The number of piperidine rings is 1. The number of methoxy groups -OCH3 is 1. The van der Waals surface area contributed by atoms with Crippen LogP contribution in [0.5, 0.6) is 0 Å². The molecule has 2 saturated heterocycles. The first-order valence-corrected chi connectivity index (χ1v) is 13.2. The zero-order valence-corrected chi connectivity index (χ0v) is 21.2. The normalized spacial score (nSPS) is 21.0. The minimum Gasteiger partial charge on any atom is -0.453 e. The molecule has 1 aromatic rings. The molecule has 0 aliphatic carbocycles. The van der Waals surface area contributed by atoms with Gasteiger partial charge in [0.25, 0.3) is 0 Å². The fourth-order valence-electron chi connectivity index (χ4n) is 4.85. The molecule has 9 nitrogen and oxygen atoms in total. The second-order valence-corrected chi connectivity index (χ2v) is 10.0. The summed E-state index contributed by atoms with van der Waals surface area (Å²) >= 11 is 1.67. The van der Waals surface area contributed by atoms with Gasteiger partial charge in [0.05, 0.1) is 19.8 Å². The number of carbonyl (C=O) groups is 2. The number of rotatable bonds is 11. The molecule has 0 aromatic carbocycles. The molecule has 3 N–H and O–H groups in total. The number of carbonyl (C=O) groups excluding carboxylic acids is 2. The van der Waals surface area contributed by atoms with Gasteiger partial charge in [-0.25, -0.2) is 9.59 Å². The molecule has 2 aliphatic rings. The van der Waals surface area contributed by atoms with Crippen LogP contribution in [0.1, 0.15) is 43.1 Å². The van der Waals surface area contributed by atoms with Gasteiger partial charge < -0.3 is 35.1 Å². The van der Waals surface area contributed by atoms with E-state index in [9.17, 15) is 9.59 Å². The quantitative estimate of drug-likeness (QED) is 0.407. The number of hydrogen-bond acceptors (Lipinski definition) is 7. The van der Waals surface area contributed by atoms with Crippen LogP contribution in [0.2, 0.25) is 0 Å². The van der Waals surface area contributed by atoms with Gasteiger partial charge in [0.1, 0.15) is 0 Å². The molecule has 0 bridgehead atoms. The Morgan fingerprint density at radius 1 is 1.29 bits per heavy atom. The lowest BCUT2D eigenvalue weighted by Crippen LogP contribution is -2.52. The Balaban J connectivity index is 1.55. The van der Waals surface area contributed by atoms with Crippen molar-refractivity contribution >= 4 is 23.5 Å². The zero-order valence-electron chi connectivity index (χ0n) is 20.4. The number of nitrogens with zero attached hydrogens (tertiary/aromatic N) is 1. The predicted molar refractivity (Wildman–Crippen MR) is 132 cm³/mol. The maximum atomic E-state index is 13.2. The summed E-state index contributed by atoms with van der Waals surface area (Å²) in [7, 11) is 3.27. The van der Waals surface area contributed by atoms with Crippen molar-refractivity contribution in [1.82, 2.24) is 20.9 Å². The average Bonchev–Trinajstić information content (AvgIpc) is 3.39. The largest absolute Gasteiger partial charge is 0.453 e. The van der Waals surface area contributed by atoms with Crippen LogP contribution < -0.4 is 16.0 Å². The Bertz CT molecular complexity index is 729. The standard InChI is InChI=1S/C24H40N4O5S/c1-25-16-20(15-18-7-11-32-12-8-18)27-23(29)28-10-3-5-19(17-28)22(21-6-4-14-34-21)33-13-9-26-24(30)31-2/h4,6,14,18-20,22,25H,3,5,7-13,15-17H2,1-2H3,(H,26,30)(H,27,29)/t19-,20+,22?/m1/s1. The number of urea groups is 1. The first kappa shape index (κ1) is 26.7. The summed E-state index contributed by atoms with van der Waals surface area (Å²) in [6, 6.07) is 4.22. The number of alkyl carbamates (subject to hydrolysis) is 1. The van der Waals surface area contributed by atoms with Crippen molar-refractivity contribution in [2.45, 2.75) is 44.2 Å². The highest BCUT2D eigenvalue weighted by Gasteiger charge is 2.32. The molecule has 1 aromatic heterocycles. The third-order valence-electron chi connectivity index (χ3n) is 6.59. The van der Waals surface area contributed by atoms with Gasteiger partial charge in [0, 0.05) is 56.2 Å². The molecular formula is C24H40N4O5S. The molecule has 34 heavy (non-hydrogen) atoms. The lowest BCUT2D eigenvalue weighted by atomic mass is 9.91. The van der Waals surface area contributed by atoms with E-state index in [1.54, 1.807) is 11.3 Å². The summed E-state index contributed by atoms with van der Waals surface area (Å²) < 4.78 is 16.3. The summed E-state index contributed by atoms with van der Waals surface area (Å²) in [5.74, 6) is 0.797. The van der Waals surface area contributed by atoms with Crippen molar-refractivity contribution in [2.75, 3.05) is 60.2 Å². The van der Waals surface area contributed by atoms with E-state index in [1.165, 1.54) is 7.11 Å². The van der Waals surface area contributed by atoms with Crippen LogP contribution in [0.3, 0.4) is 0 Å². The monoisotopic (exact) mass is 496 g/mol. The van der Waals surface area contributed by atoms with Gasteiger partial charge in [0.2, 0.25) is 0 Å². The number of likely N-dealkylation sites (tertiary alicyclic amines) is 1. The molecule has 192 valence electrons. The summed E-state index contributed by atoms with van der Waals surface area (Å²) in [5, 5.41) is 11.2. The number of nitrogens with one attached hydrogen (secondary N) is 3. The van der Waals surface area contributed by atoms with E-state index >= 15 is 0 Å². The van der Waals surface area contributed by atoms with E-state index in [0.717, 1.165) is 63.3 Å². The Kier molecular flexibility index (Phi) is 11.4. The molecule has 0 saturated carbocycles. The van der Waals surface area contributed by atoms with Gasteiger partial charge in [0.15, 0.2) is 0 Å². The fraction of sp³-hybridized carbons (Fsp3) is 0.750. The van der Waals surface area contributed by atoms with Gasteiger partial charge in [-0.3, -0.25) is 0 Å². The third-order valence-corrected chi connectivity index (χ3v) is 7.52. The van der Waals surface area contributed by atoms with Gasteiger partial charge in [-0.15, -0.1) is 11.3 Å². The molecule has 2 aliphatic heterocycles. The van der Waals surface area contributed by atoms with E-state index < -0.39 is 6.09 Å². The fourth-order valence-corrected chi connectivity index (χ4v) is 5.71. The molecule has 0 spiro atoms. The SMILES string of the molecule is CNC[C@H](CC1CCOCC1)NC(=O)N1CCC[C@@H](C(OCCNC(=O)OC)c2cccs2)C1. The Morgan fingerprint density at radius 3 is 2.82 bits per heavy atom. The van der Waals surface area contributed by atoms with Gasteiger partial charge >= 0.3 is 12.1 Å². The van der Waals surface area contributed by atoms with Crippen LogP contribution >= 0.6 is 11.3 Å². The Morgan fingerprint density at radius 2 is 2.12 bits per heavy atom. The van der Waals surface area contributed by atoms with Crippen molar-refractivity contribution < 1.29 is 23.8 Å². The maximum Gasteiger partial charge on any atom is 0.406 e. The molecule has 3 rings (SSSR count). The van der Waals surface area contributed by atoms with Crippen LogP contribution in [-0.4, -0.2) is 83.2 Å². The van der Waals surface area contributed by atoms with E-state index in [0.29, 0.717) is 25.6 Å². The Hall–Kier alpha value is -1.88. The third kappa shape index (κ3) is 8.41. The molecule has 10 heteroatoms. The Labute approximate surface area is 206 Å². The van der Waals surface area contributed by atoms with Crippen molar-refractivity contribution in [3.8, 4) is 0 Å². The summed E-state index contributed by atoms with van der Waals surface area (Å²) in [6.45, 7) is 4.57. The van der Waals surface area contributed by atoms with Crippen molar-refractivity contribution in [3.63, 3.8) is 0 Å². The number of ether oxygens (including phenoxy) is 3. The van der Waals surface area contributed by atoms with Gasteiger partial charge in [-0.1, -0.05) is 6.07 Å². The molecule has 3 atom stereocenters. The smallest absolute Gasteiger partial charge is 0.406 e. The maximum absolute atomic E-state index is 13.2. The molecule has 1 unspecified atom stereocenters. The minimum atomic E-state index is -0.464. The lowest BCUT2D eigenvalue weighted by Gasteiger charge is -2.37. The first-order chi connectivity index (χ1) is 16.6. The van der Waals surface area contributed by atoms with Gasteiger partial charge in [-0.2, -0.15) is 0 Å². The first-order valence-electron chi connectivity index (χ1n) is 12.3. The summed E-state index contributed by atoms with van der Waals surface area (Å²) in [4.78, 5) is 27.6. The highest BCUT2D eigenvalue weighted by molar-refractivity contribution is 7.10. The van der Waals surface area contributed by atoms with E-state index in [1.807, 2.05) is 23.4 Å². The average molecular weight is 497 g/mol. The van der Waals surface area contributed by atoms with E-state index in [4.69, 9.17) is 9.47 Å². The van der Waals surface area contributed by atoms with E-state index in [2.05, 4.69) is 26.8 Å². The van der Waals surface area contributed by atoms with Crippen LogP contribution in [0.15, 0.2) is 17.5 Å². The molecule has 3 amide bonds. The predicted octanol–water partition coefficient (Wildman–Crippen LogP) is 2.99. The van der Waals surface area contributed by atoms with Crippen molar-refractivity contribution in [2.24, 2.45) is 11.8 Å². The highest BCUT2D eigenvalue weighted by Crippen LogP contribution is 2.35. The van der Waals surface area contributed by atoms with Crippen LogP contribution in [0.25, 0.3) is 0 Å². The molecule has 0 radical (unpaired) electrons. The minimum absolute atomic E-state index is 0.00861. The second-order valence-electron chi connectivity index (χ2n) is 9.07. The zero-order chi connectivity index (χ0) is 24.2. The lowest BCUT2D eigenvalue weighted by molar-refractivity contribution is -0.00655. The van der Waals surface area contributed by atoms with Crippen molar-refractivity contribution in [1.29, 1.82) is 0 Å². The molecule has 2 fully saturated rings.